The third kappa shape index (κ3) is 3.80. The van der Waals surface area contributed by atoms with Crippen LogP contribution in [0.15, 0.2) is 30.3 Å². The van der Waals surface area contributed by atoms with E-state index in [9.17, 15) is 14.0 Å². The van der Waals surface area contributed by atoms with Crippen LogP contribution in [0.4, 0.5) is 4.39 Å². The van der Waals surface area contributed by atoms with Crippen LogP contribution in [-0.4, -0.2) is 40.4 Å². The molecule has 128 valence electrons. The Bertz CT molecular complexity index is 659. The van der Waals surface area contributed by atoms with E-state index in [1.165, 1.54) is 24.6 Å². The molecule has 1 saturated heterocycles. The lowest BCUT2D eigenvalue weighted by Gasteiger charge is -2.27. The standard InChI is InChI=1S/C18H21FN2O2S/c1-12(22)21-11-24-10-17(21)18(23)20-16-8-4-14(5-9-16)13-2-6-15(19)7-3-13/h2-4,6-7,16-17H,5,8-11H2,1H3,(H,20,23)/t16?,17-/m0/s1. The Morgan fingerprint density at radius 2 is 2.04 bits per heavy atom. The summed E-state index contributed by atoms with van der Waals surface area (Å²) >= 11 is 1.61. The molecule has 1 aromatic rings. The van der Waals surface area contributed by atoms with Crippen molar-refractivity contribution in [3.8, 4) is 0 Å². The number of allylic oxidation sites excluding steroid dienone is 1. The van der Waals surface area contributed by atoms with E-state index in [4.69, 9.17) is 0 Å². The Kier molecular flexibility index (Phi) is 5.23. The molecule has 1 aliphatic carbocycles. The maximum Gasteiger partial charge on any atom is 0.243 e. The minimum absolute atomic E-state index is 0.0534. The number of halogens is 1. The third-order valence-corrected chi connectivity index (χ3v) is 5.57. The Morgan fingerprint density at radius 1 is 1.29 bits per heavy atom. The average Bonchev–Trinajstić information content (AvgIpc) is 3.06. The molecule has 24 heavy (non-hydrogen) atoms. The molecule has 2 amide bonds. The fourth-order valence-corrected chi connectivity index (χ4v) is 4.38. The summed E-state index contributed by atoms with van der Waals surface area (Å²) in [6, 6.07) is 6.27. The van der Waals surface area contributed by atoms with Gasteiger partial charge in [-0.3, -0.25) is 9.59 Å². The van der Waals surface area contributed by atoms with Gasteiger partial charge in [0.1, 0.15) is 11.9 Å². The molecule has 0 spiro atoms. The zero-order chi connectivity index (χ0) is 17.1. The first kappa shape index (κ1) is 17.0. The van der Waals surface area contributed by atoms with Crippen LogP contribution in [-0.2, 0) is 9.59 Å². The molecular formula is C18H21FN2O2S. The number of thioether (sulfide) groups is 1. The number of nitrogens with zero attached hydrogens (tertiary/aromatic N) is 1. The predicted molar refractivity (Wildman–Crippen MR) is 93.8 cm³/mol. The number of benzene rings is 1. The van der Waals surface area contributed by atoms with Gasteiger partial charge in [0.25, 0.3) is 0 Å². The minimum atomic E-state index is -0.352. The molecule has 1 aromatic carbocycles. The van der Waals surface area contributed by atoms with Crippen molar-refractivity contribution < 1.29 is 14.0 Å². The van der Waals surface area contributed by atoms with Gasteiger partial charge in [0.15, 0.2) is 0 Å². The lowest BCUT2D eigenvalue weighted by atomic mass is 9.90. The zero-order valence-corrected chi connectivity index (χ0v) is 14.4. The molecule has 3 rings (SSSR count). The molecule has 2 aliphatic rings. The van der Waals surface area contributed by atoms with Gasteiger partial charge >= 0.3 is 0 Å². The van der Waals surface area contributed by atoms with Gasteiger partial charge in [-0.2, -0.15) is 0 Å². The number of rotatable bonds is 3. The van der Waals surface area contributed by atoms with Crippen LogP contribution in [0.1, 0.15) is 31.7 Å². The highest BCUT2D eigenvalue weighted by atomic mass is 32.2. The van der Waals surface area contributed by atoms with Gasteiger partial charge in [-0.05, 0) is 42.5 Å². The van der Waals surface area contributed by atoms with Gasteiger partial charge < -0.3 is 10.2 Å². The lowest BCUT2D eigenvalue weighted by molar-refractivity contribution is -0.136. The van der Waals surface area contributed by atoms with Crippen LogP contribution in [0.25, 0.3) is 5.57 Å². The summed E-state index contributed by atoms with van der Waals surface area (Å²) in [6.07, 6.45) is 4.59. The molecular weight excluding hydrogens is 327 g/mol. The van der Waals surface area contributed by atoms with E-state index in [0.29, 0.717) is 11.6 Å². The first-order valence-corrected chi connectivity index (χ1v) is 9.30. The van der Waals surface area contributed by atoms with Crippen LogP contribution in [0.5, 0.6) is 0 Å². The smallest absolute Gasteiger partial charge is 0.243 e. The minimum Gasteiger partial charge on any atom is -0.351 e. The number of hydrogen-bond acceptors (Lipinski definition) is 3. The zero-order valence-electron chi connectivity index (χ0n) is 13.6. The normalized spacial score (nSPS) is 23.8. The second kappa shape index (κ2) is 7.38. The van der Waals surface area contributed by atoms with Crippen LogP contribution in [0.3, 0.4) is 0 Å². The van der Waals surface area contributed by atoms with E-state index < -0.39 is 0 Å². The second-order valence-corrected chi connectivity index (χ2v) is 7.22. The SMILES string of the molecule is CC(=O)N1CSC[C@H]1C(=O)NC1CC=C(c2ccc(F)cc2)CC1. The summed E-state index contributed by atoms with van der Waals surface area (Å²) in [7, 11) is 0. The van der Waals surface area contributed by atoms with E-state index in [-0.39, 0.29) is 29.7 Å². The van der Waals surface area contributed by atoms with Gasteiger partial charge in [-0.15, -0.1) is 11.8 Å². The maximum absolute atomic E-state index is 13.0. The van der Waals surface area contributed by atoms with Crippen LogP contribution in [0.2, 0.25) is 0 Å². The van der Waals surface area contributed by atoms with E-state index in [1.807, 2.05) is 0 Å². The van der Waals surface area contributed by atoms with E-state index in [2.05, 4.69) is 11.4 Å². The summed E-state index contributed by atoms with van der Waals surface area (Å²) in [5, 5.41) is 3.08. The average molecular weight is 348 g/mol. The molecule has 0 radical (unpaired) electrons. The number of carbonyl (C=O) groups excluding carboxylic acids is 2. The van der Waals surface area contributed by atoms with Gasteiger partial charge in [0, 0.05) is 18.7 Å². The second-order valence-electron chi connectivity index (χ2n) is 6.22. The molecule has 6 heteroatoms. The van der Waals surface area contributed by atoms with Crippen molar-refractivity contribution in [3.05, 3.63) is 41.7 Å². The molecule has 1 unspecified atom stereocenters. The molecule has 2 atom stereocenters. The molecule has 0 aromatic heterocycles. The molecule has 1 N–H and O–H groups in total. The quantitative estimate of drug-likeness (QED) is 0.914. The molecule has 1 heterocycles. The highest BCUT2D eigenvalue weighted by Gasteiger charge is 2.33. The van der Waals surface area contributed by atoms with Crippen molar-refractivity contribution in [2.75, 3.05) is 11.6 Å². The maximum atomic E-state index is 13.0. The van der Waals surface area contributed by atoms with E-state index >= 15 is 0 Å². The molecule has 1 fully saturated rings. The molecule has 1 aliphatic heterocycles. The highest BCUT2D eigenvalue weighted by Crippen LogP contribution is 2.28. The summed E-state index contributed by atoms with van der Waals surface area (Å²) in [6.45, 7) is 1.50. The Labute approximate surface area is 145 Å². The van der Waals surface area contributed by atoms with Gasteiger partial charge in [-0.1, -0.05) is 18.2 Å². The Hall–Kier alpha value is -1.82. The van der Waals surface area contributed by atoms with Crippen molar-refractivity contribution in [1.29, 1.82) is 0 Å². The van der Waals surface area contributed by atoms with Gasteiger partial charge in [-0.25, -0.2) is 4.39 Å². The summed E-state index contributed by atoms with van der Waals surface area (Å²) in [5.41, 5.74) is 2.23. The third-order valence-electron chi connectivity index (χ3n) is 4.56. The molecule has 0 bridgehead atoms. The number of nitrogens with one attached hydrogen (secondary N) is 1. The topological polar surface area (TPSA) is 49.4 Å². The van der Waals surface area contributed by atoms with Gasteiger partial charge in [0.05, 0.1) is 5.88 Å². The van der Waals surface area contributed by atoms with Crippen LogP contribution in [0, 0.1) is 5.82 Å². The van der Waals surface area contributed by atoms with E-state index in [0.717, 1.165) is 24.8 Å². The predicted octanol–water partition coefficient (Wildman–Crippen LogP) is 2.80. The largest absolute Gasteiger partial charge is 0.351 e. The van der Waals surface area contributed by atoms with Crippen molar-refractivity contribution in [2.24, 2.45) is 0 Å². The number of hydrogen-bond donors (Lipinski definition) is 1. The van der Waals surface area contributed by atoms with Gasteiger partial charge in [0.2, 0.25) is 11.8 Å². The van der Waals surface area contributed by atoms with E-state index in [1.54, 1.807) is 28.8 Å². The molecule has 0 saturated carbocycles. The number of amides is 2. The fraction of sp³-hybridized carbons (Fsp3) is 0.444. The lowest BCUT2D eigenvalue weighted by Crippen LogP contribution is -2.49. The van der Waals surface area contributed by atoms with Crippen molar-refractivity contribution in [2.45, 2.75) is 38.3 Å². The van der Waals surface area contributed by atoms with Crippen LogP contribution >= 0.6 is 11.8 Å². The highest BCUT2D eigenvalue weighted by molar-refractivity contribution is 7.99. The van der Waals surface area contributed by atoms with Crippen LogP contribution < -0.4 is 5.32 Å². The molecule has 4 nitrogen and oxygen atoms in total. The van der Waals surface area contributed by atoms with Crippen molar-refractivity contribution in [1.82, 2.24) is 10.2 Å². The Morgan fingerprint density at radius 3 is 2.67 bits per heavy atom. The first-order valence-electron chi connectivity index (χ1n) is 8.15. The van der Waals surface area contributed by atoms with Crippen molar-refractivity contribution in [3.63, 3.8) is 0 Å². The van der Waals surface area contributed by atoms with Crippen molar-refractivity contribution >= 4 is 29.1 Å². The monoisotopic (exact) mass is 348 g/mol. The first-order chi connectivity index (χ1) is 11.5. The fourth-order valence-electron chi connectivity index (χ4n) is 3.16. The summed E-state index contributed by atoms with van der Waals surface area (Å²) in [5.74, 6) is 0.910. The number of carbonyl (C=O) groups is 2. The summed E-state index contributed by atoms with van der Waals surface area (Å²) in [4.78, 5) is 25.6. The summed E-state index contributed by atoms with van der Waals surface area (Å²) < 4.78 is 13.0. The Balaban J connectivity index is 1.57.